The zero-order chi connectivity index (χ0) is 47.0. The van der Waals surface area contributed by atoms with Crippen molar-refractivity contribution in [2.24, 2.45) is 0 Å². The summed E-state index contributed by atoms with van der Waals surface area (Å²) in [4.78, 5) is 2.54. The first-order valence-electron chi connectivity index (χ1n) is 25.0. The van der Waals surface area contributed by atoms with Crippen molar-refractivity contribution >= 4 is 49.4 Å². The van der Waals surface area contributed by atoms with Crippen LogP contribution in [0.2, 0.25) is 0 Å². The van der Waals surface area contributed by atoms with Gasteiger partial charge in [-0.3, -0.25) is 0 Å². The van der Waals surface area contributed by atoms with Crippen molar-refractivity contribution in [2.45, 2.75) is 24.7 Å². The lowest BCUT2D eigenvalue weighted by molar-refractivity contribution is 0.660. The second kappa shape index (κ2) is 14.9. The van der Waals surface area contributed by atoms with E-state index in [1.54, 1.807) is 0 Å². The molecule has 1 spiro atoms. The Labute approximate surface area is 414 Å². The first-order valence-corrected chi connectivity index (χ1v) is 25.0. The van der Waals surface area contributed by atoms with Crippen molar-refractivity contribution < 1.29 is 0 Å². The zero-order valence-electron chi connectivity index (χ0n) is 39.6. The van der Waals surface area contributed by atoms with Crippen LogP contribution in [0.15, 0.2) is 249 Å². The van der Waals surface area contributed by atoms with Crippen LogP contribution < -0.4 is 4.90 Å². The van der Waals surface area contributed by atoms with Crippen LogP contribution in [0.5, 0.6) is 0 Å². The Kier molecular flexibility index (Phi) is 8.40. The Hall–Kier alpha value is -8.78. The number of hydrogen-bond donors (Lipinski definition) is 0. The summed E-state index contributed by atoms with van der Waals surface area (Å²) < 4.78 is 0. The number of fused-ring (bicyclic) bond motifs is 18. The third-order valence-electron chi connectivity index (χ3n) is 16.4. The van der Waals surface area contributed by atoms with E-state index in [2.05, 4.69) is 267 Å². The highest BCUT2D eigenvalue weighted by atomic mass is 15.1. The molecular formula is C70H47N. The summed E-state index contributed by atoms with van der Waals surface area (Å²) in [6.45, 7) is 4.77. The molecule has 12 aromatic carbocycles. The summed E-state index contributed by atoms with van der Waals surface area (Å²) in [5.74, 6) is 0. The Morgan fingerprint density at radius 1 is 0.268 bits per heavy atom. The summed E-state index contributed by atoms with van der Waals surface area (Å²) in [5.41, 5.74) is 23.3. The molecule has 3 aliphatic carbocycles. The predicted octanol–water partition coefficient (Wildman–Crippen LogP) is 18.6. The highest BCUT2D eigenvalue weighted by Crippen LogP contribution is 2.66. The summed E-state index contributed by atoms with van der Waals surface area (Å²) in [6.07, 6.45) is 0. The van der Waals surface area contributed by atoms with Crippen LogP contribution in [0.3, 0.4) is 0 Å². The molecule has 0 amide bonds. The Balaban J connectivity index is 1.05. The smallest absolute Gasteiger partial charge is 0.0726 e. The van der Waals surface area contributed by atoms with Gasteiger partial charge in [0.15, 0.2) is 0 Å². The van der Waals surface area contributed by atoms with Gasteiger partial charge in [-0.05, 0) is 176 Å². The van der Waals surface area contributed by atoms with Gasteiger partial charge in [0.25, 0.3) is 0 Å². The van der Waals surface area contributed by atoms with Crippen molar-refractivity contribution in [1.82, 2.24) is 0 Å². The second-order valence-corrected chi connectivity index (χ2v) is 20.4. The van der Waals surface area contributed by atoms with Crippen molar-refractivity contribution in [3.05, 3.63) is 282 Å². The largest absolute Gasteiger partial charge is 0.310 e. The summed E-state index contributed by atoms with van der Waals surface area (Å²) in [5, 5.41) is 7.61. The highest BCUT2D eigenvalue weighted by Gasteiger charge is 2.53. The molecule has 1 nitrogen and oxygen atoms in total. The zero-order valence-corrected chi connectivity index (χ0v) is 39.6. The van der Waals surface area contributed by atoms with Crippen LogP contribution in [-0.4, -0.2) is 0 Å². The Morgan fingerprint density at radius 2 is 0.732 bits per heavy atom. The van der Waals surface area contributed by atoms with Gasteiger partial charge in [-0.1, -0.05) is 208 Å². The maximum atomic E-state index is 2.56. The van der Waals surface area contributed by atoms with Crippen molar-refractivity contribution in [3.8, 4) is 55.6 Å². The third kappa shape index (κ3) is 5.63. The lowest BCUT2D eigenvalue weighted by Gasteiger charge is -2.33. The molecule has 3 aliphatic rings. The van der Waals surface area contributed by atoms with E-state index >= 15 is 0 Å². The van der Waals surface area contributed by atoms with Gasteiger partial charge in [0, 0.05) is 22.5 Å². The van der Waals surface area contributed by atoms with Crippen molar-refractivity contribution in [1.29, 1.82) is 0 Å². The second-order valence-electron chi connectivity index (χ2n) is 20.4. The van der Waals surface area contributed by atoms with Gasteiger partial charge in [0.2, 0.25) is 0 Å². The van der Waals surface area contributed by atoms with E-state index in [1.165, 1.54) is 121 Å². The molecule has 0 saturated carbocycles. The predicted molar refractivity (Wildman–Crippen MR) is 298 cm³/mol. The molecule has 15 rings (SSSR count). The van der Waals surface area contributed by atoms with Gasteiger partial charge in [-0.15, -0.1) is 0 Å². The molecule has 0 aliphatic heterocycles. The molecule has 0 fully saturated rings. The van der Waals surface area contributed by atoms with Gasteiger partial charge in [0.05, 0.1) is 5.41 Å². The third-order valence-corrected chi connectivity index (χ3v) is 16.4. The maximum Gasteiger partial charge on any atom is 0.0726 e. The standard InChI is InChI=1S/C70H47N/c1-69(2)61-28-16-15-27-57(61)58-33-31-52(42-64(58)69)71(54-38-50(44-17-5-3-6-18-44)37-51(39-54)45-19-7-4-8-20-45)53-32-34-59-60-40-48-23-9-10-24-49(48)41-65(60)70(66(59)43-53)62-35-29-46-21-11-13-25-55(46)67(62)68-56-26-14-12-22-47(56)30-36-63(68)70/h3-43H,1-2H3. The monoisotopic (exact) mass is 901 g/mol. The molecular weight excluding hydrogens is 855 g/mol. The quantitative estimate of drug-likeness (QED) is 0.166. The van der Waals surface area contributed by atoms with Gasteiger partial charge in [-0.2, -0.15) is 0 Å². The van der Waals surface area contributed by atoms with E-state index in [9.17, 15) is 0 Å². The van der Waals surface area contributed by atoms with Crippen LogP contribution in [0.25, 0.3) is 88.0 Å². The van der Waals surface area contributed by atoms with E-state index in [4.69, 9.17) is 0 Å². The van der Waals surface area contributed by atoms with E-state index < -0.39 is 5.41 Å². The fraction of sp³-hybridized carbons (Fsp3) is 0.0571. The molecule has 332 valence electrons. The fourth-order valence-electron chi connectivity index (χ4n) is 13.2. The number of nitrogens with zero attached hydrogens (tertiary/aromatic N) is 1. The molecule has 0 N–H and O–H groups in total. The lowest BCUT2D eigenvalue weighted by Crippen LogP contribution is -2.26. The van der Waals surface area contributed by atoms with Crippen molar-refractivity contribution in [3.63, 3.8) is 0 Å². The first kappa shape index (κ1) is 40.1. The topological polar surface area (TPSA) is 3.24 Å². The van der Waals surface area contributed by atoms with Gasteiger partial charge < -0.3 is 4.90 Å². The molecule has 0 heterocycles. The van der Waals surface area contributed by atoms with Crippen LogP contribution in [0.1, 0.15) is 47.2 Å². The fourth-order valence-corrected chi connectivity index (χ4v) is 13.2. The highest BCUT2D eigenvalue weighted by molar-refractivity contribution is 6.14. The number of rotatable bonds is 5. The van der Waals surface area contributed by atoms with E-state index in [0.29, 0.717) is 0 Å². The van der Waals surface area contributed by atoms with Crippen molar-refractivity contribution in [2.75, 3.05) is 4.90 Å². The van der Waals surface area contributed by atoms with Crippen LogP contribution in [-0.2, 0) is 10.8 Å². The van der Waals surface area contributed by atoms with Gasteiger partial charge in [0.1, 0.15) is 0 Å². The number of hydrogen-bond acceptors (Lipinski definition) is 1. The normalized spacial score (nSPS) is 14.0. The average molecular weight is 902 g/mol. The first-order chi connectivity index (χ1) is 34.9. The molecule has 0 atom stereocenters. The average Bonchev–Trinajstić information content (AvgIpc) is 3.98. The minimum absolute atomic E-state index is 0.177. The molecule has 0 radical (unpaired) electrons. The van der Waals surface area contributed by atoms with Gasteiger partial charge in [-0.25, -0.2) is 0 Å². The molecule has 0 unspecified atom stereocenters. The summed E-state index contributed by atoms with van der Waals surface area (Å²) in [7, 11) is 0. The lowest BCUT2D eigenvalue weighted by atomic mass is 9.70. The number of benzene rings is 12. The molecule has 12 aromatic rings. The minimum atomic E-state index is -0.599. The minimum Gasteiger partial charge on any atom is -0.310 e. The van der Waals surface area contributed by atoms with E-state index in [-0.39, 0.29) is 5.41 Å². The Morgan fingerprint density at radius 3 is 1.34 bits per heavy atom. The van der Waals surface area contributed by atoms with Crippen LogP contribution >= 0.6 is 0 Å². The van der Waals surface area contributed by atoms with Crippen LogP contribution in [0.4, 0.5) is 17.1 Å². The maximum absolute atomic E-state index is 2.56. The Bertz CT molecular complexity index is 4050. The van der Waals surface area contributed by atoms with Gasteiger partial charge >= 0.3 is 0 Å². The molecule has 71 heavy (non-hydrogen) atoms. The SMILES string of the molecule is CC1(C)c2ccccc2-c2ccc(N(c3cc(-c4ccccc4)cc(-c4ccccc4)c3)c3ccc4c(c3)C3(c5cc6ccccc6cc5-4)c4ccc5ccccc5c4-c4c3ccc3ccccc43)cc21. The molecule has 0 saturated heterocycles. The summed E-state index contributed by atoms with van der Waals surface area (Å²) >= 11 is 0. The number of anilines is 3. The molecule has 0 bridgehead atoms. The molecule has 0 aromatic heterocycles. The van der Waals surface area contributed by atoms with E-state index in [1.807, 2.05) is 0 Å². The summed E-state index contributed by atoms with van der Waals surface area (Å²) in [6, 6.07) is 94.0. The molecule has 1 heteroatoms. The van der Waals surface area contributed by atoms with E-state index in [0.717, 1.165) is 17.1 Å². The van der Waals surface area contributed by atoms with Crippen LogP contribution in [0, 0.1) is 0 Å².